The highest BCUT2D eigenvalue weighted by molar-refractivity contribution is 7.09. The minimum atomic E-state index is -4.59. The molecule has 4 N–H and O–H groups in total. The van der Waals surface area contributed by atoms with Crippen LogP contribution in [-0.2, 0) is 12.7 Å². The van der Waals surface area contributed by atoms with Crippen molar-refractivity contribution < 1.29 is 18.0 Å². The first-order valence-electron chi connectivity index (χ1n) is 5.91. The minimum Gasteiger partial charge on any atom is -0.347 e. The molecule has 0 fully saturated rings. The molecule has 1 amide bonds. The molecule has 8 heteroatoms. The van der Waals surface area contributed by atoms with Crippen LogP contribution in [0.15, 0.2) is 35.7 Å². The maximum atomic E-state index is 12.9. The van der Waals surface area contributed by atoms with Gasteiger partial charge >= 0.3 is 6.18 Å². The predicted octanol–water partition coefficient (Wildman–Crippen LogP) is 2.98. The van der Waals surface area contributed by atoms with Crippen LogP contribution in [0.3, 0.4) is 0 Å². The maximum absolute atomic E-state index is 12.9. The smallest absolute Gasteiger partial charge is 0.347 e. The zero-order valence-electron chi connectivity index (χ0n) is 10.7. The molecule has 1 heterocycles. The Bertz CT molecular complexity index is 626. The second kappa shape index (κ2) is 6.15. The van der Waals surface area contributed by atoms with E-state index in [1.54, 1.807) is 0 Å². The number of nitrogen functional groups attached to an aromatic ring is 1. The summed E-state index contributed by atoms with van der Waals surface area (Å²) in [5.41, 5.74) is 0.403. The van der Waals surface area contributed by atoms with Gasteiger partial charge in [0.2, 0.25) is 0 Å². The molecule has 0 aliphatic carbocycles. The van der Waals surface area contributed by atoms with Gasteiger partial charge < -0.3 is 10.7 Å². The van der Waals surface area contributed by atoms with Gasteiger partial charge in [0, 0.05) is 4.88 Å². The summed E-state index contributed by atoms with van der Waals surface area (Å²) in [4.78, 5) is 12.9. The van der Waals surface area contributed by atoms with Gasteiger partial charge in [-0.2, -0.15) is 13.2 Å². The number of carbonyl (C=O) groups excluding carboxylic acids is 1. The molecule has 1 aromatic carbocycles. The van der Waals surface area contributed by atoms with Gasteiger partial charge in [-0.3, -0.25) is 10.6 Å². The minimum absolute atomic E-state index is 0.149. The third-order valence-electron chi connectivity index (χ3n) is 2.76. The number of halogens is 3. The molecule has 0 atom stereocenters. The number of alkyl halides is 3. The highest BCUT2D eigenvalue weighted by Crippen LogP contribution is 2.36. The molecule has 0 aliphatic rings. The Balaban J connectivity index is 2.24. The SMILES string of the molecule is NNc1c(C(=O)NCc2cccs2)cccc1C(F)(F)F. The van der Waals surface area contributed by atoms with E-state index in [9.17, 15) is 18.0 Å². The van der Waals surface area contributed by atoms with Gasteiger partial charge in [0.25, 0.3) is 5.91 Å². The topological polar surface area (TPSA) is 67.1 Å². The number of hydrogen-bond acceptors (Lipinski definition) is 4. The summed E-state index contributed by atoms with van der Waals surface area (Å²) in [5, 5.41) is 4.41. The summed E-state index contributed by atoms with van der Waals surface area (Å²) in [7, 11) is 0. The van der Waals surface area contributed by atoms with E-state index in [0.717, 1.165) is 10.9 Å². The highest BCUT2D eigenvalue weighted by Gasteiger charge is 2.35. The Morgan fingerprint density at radius 3 is 2.57 bits per heavy atom. The molecule has 0 bridgehead atoms. The number of carbonyl (C=O) groups is 1. The van der Waals surface area contributed by atoms with Gasteiger partial charge in [-0.25, -0.2) is 0 Å². The lowest BCUT2D eigenvalue weighted by Gasteiger charge is -2.15. The van der Waals surface area contributed by atoms with E-state index < -0.39 is 23.3 Å². The number of amides is 1. The fourth-order valence-electron chi connectivity index (χ4n) is 1.81. The van der Waals surface area contributed by atoms with Crippen LogP contribution in [0.4, 0.5) is 18.9 Å². The Morgan fingerprint density at radius 1 is 1.24 bits per heavy atom. The molecule has 0 saturated carbocycles. The quantitative estimate of drug-likeness (QED) is 0.600. The molecule has 0 spiro atoms. The van der Waals surface area contributed by atoms with E-state index in [2.05, 4.69) is 5.32 Å². The molecule has 112 valence electrons. The average Bonchev–Trinajstić information content (AvgIpc) is 2.96. The molecule has 2 aromatic rings. The first-order valence-corrected chi connectivity index (χ1v) is 6.79. The second-order valence-electron chi connectivity index (χ2n) is 4.13. The fraction of sp³-hybridized carbons (Fsp3) is 0.154. The summed E-state index contributed by atoms with van der Waals surface area (Å²) in [6.07, 6.45) is -4.59. The third kappa shape index (κ3) is 3.53. The molecule has 2 rings (SSSR count). The van der Waals surface area contributed by atoms with Crippen LogP contribution in [0.5, 0.6) is 0 Å². The number of nitrogens with two attached hydrogens (primary N) is 1. The molecular formula is C13H12F3N3OS. The van der Waals surface area contributed by atoms with Crippen LogP contribution in [0, 0.1) is 0 Å². The molecular weight excluding hydrogens is 303 g/mol. The van der Waals surface area contributed by atoms with E-state index in [0.29, 0.717) is 0 Å². The lowest BCUT2D eigenvalue weighted by atomic mass is 10.1. The van der Waals surface area contributed by atoms with Crippen LogP contribution >= 0.6 is 11.3 Å². The average molecular weight is 315 g/mol. The predicted molar refractivity (Wildman–Crippen MR) is 74.7 cm³/mol. The van der Waals surface area contributed by atoms with Crippen LogP contribution in [0.25, 0.3) is 0 Å². The fourth-order valence-corrected chi connectivity index (χ4v) is 2.45. The van der Waals surface area contributed by atoms with Crippen molar-refractivity contribution in [3.05, 3.63) is 51.7 Å². The largest absolute Gasteiger partial charge is 0.418 e. The monoisotopic (exact) mass is 315 g/mol. The molecule has 0 unspecified atom stereocenters. The summed E-state index contributed by atoms with van der Waals surface area (Å²) >= 11 is 1.44. The van der Waals surface area contributed by atoms with Gasteiger partial charge in [0.05, 0.1) is 23.4 Å². The molecule has 4 nitrogen and oxygen atoms in total. The van der Waals surface area contributed by atoms with Crippen LogP contribution in [0.1, 0.15) is 20.8 Å². The third-order valence-corrected chi connectivity index (χ3v) is 3.64. The van der Waals surface area contributed by atoms with Gasteiger partial charge in [-0.1, -0.05) is 12.1 Å². The second-order valence-corrected chi connectivity index (χ2v) is 5.16. The van der Waals surface area contributed by atoms with E-state index in [4.69, 9.17) is 5.84 Å². The van der Waals surface area contributed by atoms with Crippen LogP contribution in [-0.4, -0.2) is 5.91 Å². The first kappa shape index (κ1) is 15.3. The van der Waals surface area contributed by atoms with Crippen LogP contribution < -0.4 is 16.6 Å². The summed E-state index contributed by atoms with van der Waals surface area (Å²) in [5.74, 6) is 4.53. The lowest BCUT2D eigenvalue weighted by Crippen LogP contribution is -2.26. The van der Waals surface area contributed by atoms with E-state index >= 15 is 0 Å². The van der Waals surface area contributed by atoms with Gasteiger partial charge in [-0.15, -0.1) is 11.3 Å². The first-order chi connectivity index (χ1) is 9.93. The number of hydrazine groups is 1. The summed E-state index contributed by atoms with van der Waals surface area (Å²) < 4.78 is 38.6. The number of hydrogen-bond donors (Lipinski definition) is 3. The number of para-hydroxylation sites is 1. The summed E-state index contributed by atoms with van der Waals surface area (Å²) in [6, 6.07) is 6.96. The zero-order valence-corrected chi connectivity index (χ0v) is 11.5. The van der Waals surface area contributed by atoms with Crippen molar-refractivity contribution in [2.75, 3.05) is 5.43 Å². The van der Waals surface area contributed by atoms with E-state index in [1.165, 1.54) is 23.5 Å². The molecule has 0 aliphatic heterocycles. The Kier molecular flexibility index (Phi) is 4.49. The van der Waals surface area contributed by atoms with Crippen molar-refractivity contribution in [1.82, 2.24) is 5.32 Å². The van der Waals surface area contributed by atoms with Gasteiger partial charge in [0.15, 0.2) is 0 Å². The van der Waals surface area contributed by atoms with Crippen molar-refractivity contribution in [1.29, 1.82) is 0 Å². The maximum Gasteiger partial charge on any atom is 0.418 e. The molecule has 1 aromatic heterocycles. The molecule has 0 saturated heterocycles. The van der Waals surface area contributed by atoms with E-state index in [-0.39, 0.29) is 12.1 Å². The summed E-state index contributed by atoms with van der Waals surface area (Å²) in [6.45, 7) is 0.247. The van der Waals surface area contributed by atoms with Gasteiger partial charge in [-0.05, 0) is 23.6 Å². The van der Waals surface area contributed by atoms with Crippen molar-refractivity contribution >= 4 is 22.9 Å². The Labute approximate surface area is 122 Å². The number of thiophene rings is 1. The normalized spacial score (nSPS) is 11.2. The number of nitrogens with one attached hydrogen (secondary N) is 2. The Morgan fingerprint density at radius 2 is 2.00 bits per heavy atom. The highest BCUT2D eigenvalue weighted by atomic mass is 32.1. The zero-order chi connectivity index (χ0) is 15.5. The van der Waals surface area contributed by atoms with Crippen molar-refractivity contribution in [2.24, 2.45) is 5.84 Å². The molecule has 0 radical (unpaired) electrons. The Hall–Kier alpha value is -2.06. The number of benzene rings is 1. The standard InChI is InChI=1S/C13H12F3N3OS/c14-13(15,16)10-5-1-4-9(11(10)19-17)12(20)18-7-8-3-2-6-21-8/h1-6,19H,7,17H2,(H,18,20). The number of anilines is 1. The van der Waals surface area contributed by atoms with Crippen molar-refractivity contribution in [3.8, 4) is 0 Å². The van der Waals surface area contributed by atoms with Gasteiger partial charge in [0.1, 0.15) is 0 Å². The van der Waals surface area contributed by atoms with Crippen LogP contribution in [0.2, 0.25) is 0 Å². The lowest BCUT2D eigenvalue weighted by molar-refractivity contribution is -0.137. The van der Waals surface area contributed by atoms with E-state index in [1.807, 2.05) is 22.9 Å². The van der Waals surface area contributed by atoms with Crippen molar-refractivity contribution in [3.63, 3.8) is 0 Å². The van der Waals surface area contributed by atoms with Crippen molar-refractivity contribution in [2.45, 2.75) is 12.7 Å². The molecule has 21 heavy (non-hydrogen) atoms. The number of rotatable bonds is 4.